The van der Waals surface area contributed by atoms with E-state index in [4.69, 9.17) is 9.47 Å². The number of para-hydroxylation sites is 1. The van der Waals surface area contributed by atoms with Crippen LogP contribution in [0.25, 0.3) is 0 Å². The van der Waals surface area contributed by atoms with Crippen molar-refractivity contribution in [1.29, 1.82) is 0 Å². The number of carbonyl (C=O) groups is 1. The first-order chi connectivity index (χ1) is 9.78. The van der Waals surface area contributed by atoms with E-state index >= 15 is 0 Å². The van der Waals surface area contributed by atoms with Gasteiger partial charge in [-0.05, 0) is 36.4 Å². The van der Waals surface area contributed by atoms with Crippen LogP contribution >= 0.6 is 0 Å². The lowest BCUT2D eigenvalue weighted by atomic mass is 10.3. The van der Waals surface area contributed by atoms with Crippen LogP contribution in [0, 0.1) is 0 Å². The van der Waals surface area contributed by atoms with E-state index < -0.39 is 0 Å². The molecular formula is C15H16N2O3. The first-order valence-electron chi connectivity index (χ1n) is 6.14. The molecule has 0 aliphatic heterocycles. The van der Waals surface area contributed by atoms with E-state index in [2.05, 4.69) is 10.9 Å². The summed E-state index contributed by atoms with van der Waals surface area (Å²) in [6, 6.07) is 16.4. The molecule has 20 heavy (non-hydrogen) atoms. The van der Waals surface area contributed by atoms with Crippen LogP contribution < -0.4 is 20.3 Å². The van der Waals surface area contributed by atoms with Crippen molar-refractivity contribution in [2.75, 3.05) is 19.1 Å². The van der Waals surface area contributed by atoms with Gasteiger partial charge in [0.2, 0.25) is 0 Å². The van der Waals surface area contributed by atoms with Gasteiger partial charge in [0.15, 0.2) is 6.61 Å². The maximum absolute atomic E-state index is 11.6. The Labute approximate surface area is 117 Å². The number of amides is 1. The van der Waals surface area contributed by atoms with E-state index in [9.17, 15) is 4.79 Å². The number of benzene rings is 2. The van der Waals surface area contributed by atoms with Gasteiger partial charge in [0.05, 0.1) is 12.8 Å². The maximum Gasteiger partial charge on any atom is 0.276 e. The van der Waals surface area contributed by atoms with Crippen molar-refractivity contribution in [2.24, 2.45) is 0 Å². The van der Waals surface area contributed by atoms with E-state index in [-0.39, 0.29) is 12.5 Å². The molecule has 0 saturated heterocycles. The van der Waals surface area contributed by atoms with Gasteiger partial charge >= 0.3 is 0 Å². The van der Waals surface area contributed by atoms with Crippen molar-refractivity contribution in [3.63, 3.8) is 0 Å². The van der Waals surface area contributed by atoms with Gasteiger partial charge in [0, 0.05) is 0 Å². The molecule has 0 spiro atoms. The molecule has 2 aromatic rings. The van der Waals surface area contributed by atoms with E-state index in [0.29, 0.717) is 5.75 Å². The third kappa shape index (κ3) is 4.20. The zero-order chi connectivity index (χ0) is 14.2. The predicted octanol–water partition coefficient (Wildman–Crippen LogP) is 2.22. The van der Waals surface area contributed by atoms with Crippen LogP contribution in [0.5, 0.6) is 11.5 Å². The van der Waals surface area contributed by atoms with Crippen LogP contribution in [-0.4, -0.2) is 19.6 Å². The average Bonchev–Trinajstić information content (AvgIpc) is 2.52. The number of hydrogen-bond donors (Lipinski definition) is 2. The molecule has 2 aromatic carbocycles. The molecule has 0 fully saturated rings. The van der Waals surface area contributed by atoms with E-state index in [1.807, 2.05) is 30.3 Å². The van der Waals surface area contributed by atoms with Crippen molar-refractivity contribution in [3.05, 3.63) is 54.6 Å². The summed E-state index contributed by atoms with van der Waals surface area (Å²) in [5, 5.41) is 0. The number of nitrogens with one attached hydrogen (secondary N) is 2. The molecule has 2 N–H and O–H groups in total. The smallest absolute Gasteiger partial charge is 0.276 e. The average molecular weight is 272 g/mol. The highest BCUT2D eigenvalue weighted by Crippen LogP contribution is 2.16. The van der Waals surface area contributed by atoms with Crippen LogP contribution in [0.2, 0.25) is 0 Å². The van der Waals surface area contributed by atoms with Crippen LogP contribution in [0.4, 0.5) is 5.69 Å². The second-order valence-electron chi connectivity index (χ2n) is 4.00. The molecule has 0 atom stereocenters. The quantitative estimate of drug-likeness (QED) is 0.792. The summed E-state index contributed by atoms with van der Waals surface area (Å²) in [4.78, 5) is 11.6. The molecule has 0 heterocycles. The van der Waals surface area contributed by atoms with Crippen molar-refractivity contribution in [1.82, 2.24) is 5.43 Å². The highest BCUT2D eigenvalue weighted by Gasteiger charge is 2.02. The summed E-state index contributed by atoms with van der Waals surface area (Å²) in [6.45, 7) is -0.0633. The van der Waals surface area contributed by atoms with Crippen molar-refractivity contribution in [2.45, 2.75) is 0 Å². The SMILES string of the molecule is COc1ccc(OCC(=O)NNc2ccccc2)cc1. The van der Waals surface area contributed by atoms with Crippen LogP contribution in [0.15, 0.2) is 54.6 Å². The number of carbonyl (C=O) groups excluding carboxylic acids is 1. The molecule has 0 unspecified atom stereocenters. The second-order valence-corrected chi connectivity index (χ2v) is 4.00. The first kappa shape index (κ1) is 13.7. The number of hydrazine groups is 1. The fourth-order valence-electron chi connectivity index (χ4n) is 1.52. The summed E-state index contributed by atoms with van der Waals surface area (Å²) < 4.78 is 10.4. The third-order valence-electron chi connectivity index (χ3n) is 2.55. The molecular weight excluding hydrogens is 256 g/mol. The van der Waals surface area contributed by atoms with Gasteiger partial charge in [-0.1, -0.05) is 18.2 Å². The normalized spacial score (nSPS) is 9.65. The number of rotatable bonds is 6. The third-order valence-corrected chi connectivity index (χ3v) is 2.55. The molecule has 5 nitrogen and oxygen atoms in total. The molecule has 0 bridgehead atoms. The van der Waals surface area contributed by atoms with Gasteiger partial charge in [0.25, 0.3) is 5.91 Å². The van der Waals surface area contributed by atoms with E-state index in [1.54, 1.807) is 31.4 Å². The standard InChI is InChI=1S/C15H16N2O3/c1-19-13-7-9-14(10-8-13)20-11-15(18)17-16-12-5-3-2-4-6-12/h2-10,16H,11H2,1H3,(H,17,18). The molecule has 0 saturated carbocycles. The monoisotopic (exact) mass is 272 g/mol. The zero-order valence-corrected chi connectivity index (χ0v) is 11.1. The van der Waals surface area contributed by atoms with Crippen molar-refractivity contribution >= 4 is 11.6 Å². The Morgan fingerprint density at radius 3 is 2.30 bits per heavy atom. The second kappa shape index (κ2) is 7.04. The van der Waals surface area contributed by atoms with Gasteiger partial charge in [-0.25, -0.2) is 0 Å². The van der Waals surface area contributed by atoms with Gasteiger partial charge < -0.3 is 9.47 Å². The Kier molecular flexibility index (Phi) is 4.83. The lowest BCUT2D eigenvalue weighted by Gasteiger charge is -2.09. The topological polar surface area (TPSA) is 59.6 Å². The maximum atomic E-state index is 11.6. The molecule has 5 heteroatoms. The van der Waals surface area contributed by atoms with E-state index in [1.165, 1.54) is 0 Å². The Balaban J connectivity index is 1.74. The largest absolute Gasteiger partial charge is 0.497 e. The summed E-state index contributed by atoms with van der Waals surface area (Å²) in [5.74, 6) is 1.10. The lowest BCUT2D eigenvalue weighted by molar-refractivity contribution is -0.122. The van der Waals surface area contributed by atoms with Gasteiger partial charge in [-0.15, -0.1) is 0 Å². The highest BCUT2D eigenvalue weighted by molar-refractivity contribution is 5.78. The van der Waals surface area contributed by atoms with Gasteiger partial charge in [-0.3, -0.25) is 15.6 Å². The zero-order valence-electron chi connectivity index (χ0n) is 11.1. The molecule has 0 aliphatic rings. The molecule has 0 aliphatic carbocycles. The fourth-order valence-corrected chi connectivity index (χ4v) is 1.52. The Bertz CT molecular complexity index is 541. The minimum Gasteiger partial charge on any atom is -0.497 e. The lowest BCUT2D eigenvalue weighted by Crippen LogP contribution is -2.33. The molecule has 0 aromatic heterocycles. The fraction of sp³-hybridized carbons (Fsp3) is 0.133. The highest BCUT2D eigenvalue weighted by atomic mass is 16.5. The minimum absolute atomic E-state index is 0.0633. The number of hydrogen-bond acceptors (Lipinski definition) is 4. The summed E-state index contributed by atoms with van der Waals surface area (Å²) >= 11 is 0. The Morgan fingerprint density at radius 2 is 1.65 bits per heavy atom. The molecule has 2 rings (SSSR count). The Morgan fingerprint density at radius 1 is 1.00 bits per heavy atom. The Hall–Kier alpha value is -2.69. The molecule has 1 amide bonds. The van der Waals surface area contributed by atoms with Crippen LogP contribution in [0.1, 0.15) is 0 Å². The van der Waals surface area contributed by atoms with Crippen molar-refractivity contribution < 1.29 is 14.3 Å². The minimum atomic E-state index is -0.260. The van der Waals surface area contributed by atoms with Crippen LogP contribution in [-0.2, 0) is 4.79 Å². The number of anilines is 1. The number of ether oxygens (including phenoxy) is 2. The molecule has 104 valence electrons. The van der Waals surface area contributed by atoms with Gasteiger partial charge in [-0.2, -0.15) is 0 Å². The van der Waals surface area contributed by atoms with E-state index in [0.717, 1.165) is 11.4 Å². The molecule has 0 radical (unpaired) electrons. The predicted molar refractivity (Wildman–Crippen MR) is 76.7 cm³/mol. The summed E-state index contributed by atoms with van der Waals surface area (Å²) in [6.07, 6.45) is 0. The van der Waals surface area contributed by atoms with Crippen LogP contribution in [0.3, 0.4) is 0 Å². The van der Waals surface area contributed by atoms with Gasteiger partial charge in [0.1, 0.15) is 11.5 Å². The summed E-state index contributed by atoms with van der Waals surface area (Å²) in [5.41, 5.74) is 6.16. The number of methoxy groups -OCH3 is 1. The van der Waals surface area contributed by atoms with Crippen molar-refractivity contribution in [3.8, 4) is 11.5 Å². The first-order valence-corrected chi connectivity index (χ1v) is 6.14. The summed E-state index contributed by atoms with van der Waals surface area (Å²) in [7, 11) is 1.60.